The summed E-state index contributed by atoms with van der Waals surface area (Å²) in [5.41, 5.74) is -0.495. The molecule has 4 aliphatic rings. The highest BCUT2D eigenvalue weighted by atomic mass is 16.5. The predicted octanol–water partition coefficient (Wildman–Crippen LogP) is 5.71. The van der Waals surface area contributed by atoms with Crippen molar-refractivity contribution < 1.29 is 29.0 Å². The Kier molecular flexibility index (Phi) is 10.8. The molecule has 6 rings (SSSR count). The first-order chi connectivity index (χ1) is 24.3. The number of anilines is 1. The minimum Gasteiger partial charge on any atom is -0.494 e. The number of hydrogen-bond donors (Lipinski definition) is 1. The van der Waals surface area contributed by atoms with Crippen LogP contribution in [0.1, 0.15) is 70.8 Å². The van der Waals surface area contributed by atoms with Crippen LogP contribution < -0.4 is 9.64 Å². The number of hydrogen-bond acceptors (Lipinski definition) is 6. The second-order valence-corrected chi connectivity index (χ2v) is 14.3. The lowest BCUT2D eigenvalue weighted by Crippen LogP contribution is -2.60. The van der Waals surface area contributed by atoms with Gasteiger partial charge < -0.3 is 29.3 Å². The van der Waals surface area contributed by atoms with Gasteiger partial charge in [0.2, 0.25) is 17.7 Å². The van der Waals surface area contributed by atoms with Crippen molar-refractivity contribution in [3.63, 3.8) is 0 Å². The van der Waals surface area contributed by atoms with Crippen molar-refractivity contribution in [1.82, 2.24) is 9.80 Å². The molecule has 50 heavy (non-hydrogen) atoms. The average molecular weight is 684 g/mol. The van der Waals surface area contributed by atoms with Gasteiger partial charge in [-0.2, -0.15) is 0 Å². The zero-order valence-electron chi connectivity index (χ0n) is 29.7. The smallest absolute Gasteiger partial charge is 0.248 e. The zero-order chi connectivity index (χ0) is 35.5. The molecule has 3 heterocycles. The monoisotopic (exact) mass is 683 g/mol. The third-order valence-corrected chi connectivity index (χ3v) is 11.7. The summed E-state index contributed by atoms with van der Waals surface area (Å²) in [5, 5.41) is 11.0. The summed E-state index contributed by atoms with van der Waals surface area (Å²) in [4.78, 5) is 50.6. The summed E-state index contributed by atoms with van der Waals surface area (Å²) in [6, 6.07) is 15.5. The molecule has 1 saturated carbocycles. The van der Waals surface area contributed by atoms with E-state index in [0.717, 1.165) is 37.7 Å². The second-order valence-electron chi connectivity index (χ2n) is 14.3. The molecule has 1 N–H and O–H groups in total. The van der Waals surface area contributed by atoms with Crippen molar-refractivity contribution in [2.75, 3.05) is 31.2 Å². The lowest BCUT2D eigenvalue weighted by Gasteiger charge is -2.42. The first kappa shape index (κ1) is 35.9. The predicted molar refractivity (Wildman–Crippen MR) is 194 cm³/mol. The van der Waals surface area contributed by atoms with E-state index in [-0.39, 0.29) is 36.9 Å². The van der Waals surface area contributed by atoms with E-state index in [1.54, 1.807) is 22.0 Å². The summed E-state index contributed by atoms with van der Waals surface area (Å²) < 4.78 is 12.8. The summed E-state index contributed by atoms with van der Waals surface area (Å²) >= 11 is 0. The standard InChI is InChI=1S/C41H53N3O6/c1-5-25-42(31-19-21-33(22-20-31)49-8-4)37(46)34-35-38(47)44(32(28-45)27-29-15-11-9-12-16-29)36(41(35)24-23-40(34,7-3)50-41)39(48)43(26-6-2)30-17-13-10-14-18-30/h5-6,9,11-12,15-16,19-22,30,32,34-36,45H,1-2,7-8,10,13-14,17-18,23-28H2,3-4H3/t32-,34+,35+,36?,40-,41?/m1/s1. The van der Waals surface area contributed by atoms with Gasteiger partial charge in [0, 0.05) is 24.8 Å². The van der Waals surface area contributed by atoms with Crippen molar-refractivity contribution in [3.05, 3.63) is 85.5 Å². The van der Waals surface area contributed by atoms with E-state index in [4.69, 9.17) is 9.47 Å². The molecule has 3 aliphatic heterocycles. The molecule has 2 aromatic carbocycles. The maximum absolute atomic E-state index is 15.2. The van der Waals surface area contributed by atoms with Gasteiger partial charge >= 0.3 is 0 Å². The fourth-order valence-electron chi connectivity index (χ4n) is 9.46. The molecule has 3 amide bonds. The molecule has 9 nitrogen and oxygen atoms in total. The number of aliphatic hydroxyl groups is 1. The van der Waals surface area contributed by atoms with Crippen LogP contribution in [0.5, 0.6) is 5.75 Å². The van der Waals surface area contributed by atoms with Gasteiger partial charge in [0.05, 0.1) is 36.7 Å². The molecule has 0 aromatic heterocycles. The summed E-state index contributed by atoms with van der Waals surface area (Å²) in [6.45, 7) is 12.7. The summed E-state index contributed by atoms with van der Waals surface area (Å²) in [7, 11) is 0. The maximum Gasteiger partial charge on any atom is 0.248 e. The van der Waals surface area contributed by atoms with Gasteiger partial charge in [-0.3, -0.25) is 14.4 Å². The SMILES string of the molecule is C=CCN(C(=O)[C@@H]1[C@H]2C(=O)N([C@@H](CO)Cc3ccccc3)C(C(=O)N(CC=C)C3CCCCC3)C23CC[C@@]1(CC)O3)c1ccc(OCC)cc1. The van der Waals surface area contributed by atoms with Gasteiger partial charge in [0.15, 0.2) is 0 Å². The molecule has 6 atom stereocenters. The van der Waals surface area contributed by atoms with Crippen molar-refractivity contribution in [2.24, 2.45) is 11.8 Å². The molecule has 2 bridgehead atoms. The van der Waals surface area contributed by atoms with Crippen LogP contribution in [0.4, 0.5) is 5.69 Å². The Morgan fingerprint density at radius 2 is 1.70 bits per heavy atom. The number of carbonyl (C=O) groups excluding carboxylic acids is 3. The van der Waals surface area contributed by atoms with Gasteiger partial charge in [0.1, 0.15) is 17.4 Å². The largest absolute Gasteiger partial charge is 0.494 e. The van der Waals surface area contributed by atoms with Crippen molar-refractivity contribution >= 4 is 23.4 Å². The maximum atomic E-state index is 15.2. The molecular weight excluding hydrogens is 630 g/mol. The van der Waals surface area contributed by atoms with E-state index in [2.05, 4.69) is 13.2 Å². The highest BCUT2D eigenvalue weighted by Gasteiger charge is 2.79. The number of carbonyl (C=O) groups is 3. The first-order valence-electron chi connectivity index (χ1n) is 18.5. The van der Waals surface area contributed by atoms with E-state index in [0.29, 0.717) is 50.3 Å². The Labute approximate surface area is 296 Å². The lowest BCUT2D eigenvalue weighted by molar-refractivity contribution is -0.157. The molecule has 3 saturated heterocycles. The van der Waals surface area contributed by atoms with Crippen LogP contribution in [-0.4, -0.2) is 88.3 Å². The molecule has 4 fully saturated rings. The van der Waals surface area contributed by atoms with Crippen LogP contribution in [0.15, 0.2) is 79.9 Å². The van der Waals surface area contributed by atoms with Gasteiger partial charge in [0.25, 0.3) is 0 Å². The Hall–Kier alpha value is -3.95. The van der Waals surface area contributed by atoms with Crippen LogP contribution >= 0.6 is 0 Å². The third-order valence-electron chi connectivity index (χ3n) is 11.7. The average Bonchev–Trinajstić information content (AvgIpc) is 3.76. The number of fused-ring (bicyclic) bond motifs is 1. The van der Waals surface area contributed by atoms with E-state index in [1.807, 2.05) is 73.3 Å². The number of rotatable bonds is 15. The lowest BCUT2D eigenvalue weighted by atomic mass is 9.64. The molecule has 2 unspecified atom stereocenters. The van der Waals surface area contributed by atoms with Crippen molar-refractivity contribution in [3.8, 4) is 5.75 Å². The Morgan fingerprint density at radius 1 is 1.00 bits per heavy atom. The Bertz CT molecular complexity index is 1540. The van der Waals surface area contributed by atoms with Crippen LogP contribution in [0, 0.1) is 11.8 Å². The fourth-order valence-corrected chi connectivity index (χ4v) is 9.46. The van der Waals surface area contributed by atoms with Crippen LogP contribution in [0.3, 0.4) is 0 Å². The van der Waals surface area contributed by atoms with E-state index < -0.39 is 35.1 Å². The van der Waals surface area contributed by atoms with Gasteiger partial charge in [-0.1, -0.05) is 68.7 Å². The normalized spacial score (nSPS) is 27.9. The Morgan fingerprint density at radius 3 is 2.32 bits per heavy atom. The first-order valence-corrected chi connectivity index (χ1v) is 18.5. The highest BCUT2D eigenvalue weighted by molar-refractivity contribution is 6.03. The fraction of sp³-hybridized carbons (Fsp3) is 0.537. The van der Waals surface area contributed by atoms with Crippen LogP contribution in [-0.2, 0) is 25.5 Å². The third kappa shape index (κ3) is 6.17. The molecule has 0 radical (unpaired) electrons. The molecule has 1 spiro atoms. The molecule has 9 heteroatoms. The van der Waals surface area contributed by atoms with E-state index >= 15 is 14.4 Å². The number of aliphatic hydroxyl groups excluding tert-OH is 1. The molecule has 268 valence electrons. The van der Waals surface area contributed by atoms with E-state index in [9.17, 15) is 5.11 Å². The zero-order valence-corrected chi connectivity index (χ0v) is 29.7. The van der Waals surface area contributed by atoms with Crippen LogP contribution in [0.2, 0.25) is 0 Å². The van der Waals surface area contributed by atoms with Gasteiger partial charge in [-0.25, -0.2) is 0 Å². The molecule has 2 aromatic rings. The number of benzene rings is 2. The minimum absolute atomic E-state index is 0.0299. The number of amides is 3. The topological polar surface area (TPSA) is 99.6 Å². The summed E-state index contributed by atoms with van der Waals surface area (Å²) in [5.74, 6) is -1.68. The van der Waals surface area contributed by atoms with Crippen molar-refractivity contribution in [1.29, 1.82) is 0 Å². The number of nitrogens with zero attached hydrogens (tertiary/aromatic N) is 3. The van der Waals surface area contributed by atoms with Crippen LogP contribution in [0.25, 0.3) is 0 Å². The number of likely N-dealkylation sites (tertiary alicyclic amines) is 1. The second kappa shape index (κ2) is 15.1. The summed E-state index contributed by atoms with van der Waals surface area (Å²) in [6.07, 6.45) is 10.4. The van der Waals surface area contributed by atoms with Gasteiger partial charge in [-0.15, -0.1) is 13.2 Å². The number of ether oxygens (including phenoxy) is 2. The van der Waals surface area contributed by atoms with E-state index in [1.165, 1.54) is 0 Å². The Balaban J connectivity index is 1.45. The minimum atomic E-state index is -1.21. The highest BCUT2D eigenvalue weighted by Crippen LogP contribution is 2.65. The van der Waals surface area contributed by atoms with Gasteiger partial charge in [-0.05, 0) is 75.3 Å². The molecule has 1 aliphatic carbocycles. The molecular formula is C41H53N3O6. The van der Waals surface area contributed by atoms with Crippen molar-refractivity contribution in [2.45, 2.75) is 101 Å². The quantitative estimate of drug-likeness (QED) is 0.242.